The number of ether oxygens (including phenoxy) is 5. The highest BCUT2D eigenvalue weighted by Gasteiger charge is 2.18. The van der Waals surface area contributed by atoms with Crippen molar-refractivity contribution in [1.82, 2.24) is 4.90 Å². The van der Waals surface area contributed by atoms with Crippen LogP contribution in [0.4, 0.5) is 4.79 Å². The van der Waals surface area contributed by atoms with Crippen LogP contribution in [0.2, 0.25) is 0 Å². The van der Waals surface area contributed by atoms with Crippen molar-refractivity contribution in [3.8, 4) is 0 Å². The average molecular weight is 714 g/mol. The zero-order valence-electron chi connectivity index (χ0n) is 33.8. The molecule has 0 aliphatic heterocycles. The topological polar surface area (TPSA) is 83.5 Å². The summed E-state index contributed by atoms with van der Waals surface area (Å²) in [7, 11) is 0. The van der Waals surface area contributed by atoms with Gasteiger partial charge in [0.05, 0.1) is 19.6 Å². The normalized spacial score (nSPS) is 12.7. The molecule has 0 radical (unpaired) electrons. The van der Waals surface area contributed by atoms with E-state index >= 15 is 0 Å². The van der Waals surface area contributed by atoms with Gasteiger partial charge in [0.25, 0.3) is 0 Å². The predicted octanol–water partition coefficient (Wildman–Crippen LogP) is 12.0. The van der Waals surface area contributed by atoms with Gasteiger partial charge in [-0.2, -0.15) is 0 Å². The first-order chi connectivity index (χ1) is 24.5. The van der Waals surface area contributed by atoms with Crippen LogP contribution in [0.3, 0.4) is 0 Å². The largest absolute Gasteiger partial charge is 0.508 e. The lowest BCUT2D eigenvalue weighted by Crippen LogP contribution is -2.26. The van der Waals surface area contributed by atoms with Crippen molar-refractivity contribution in [3.05, 3.63) is 0 Å². The number of esters is 1. The molecule has 0 saturated carbocycles. The van der Waals surface area contributed by atoms with Crippen LogP contribution in [0.25, 0.3) is 0 Å². The lowest BCUT2D eigenvalue weighted by Gasteiger charge is -2.20. The van der Waals surface area contributed by atoms with Gasteiger partial charge in [-0.25, -0.2) is 4.79 Å². The maximum Gasteiger partial charge on any atom is 0.508 e. The van der Waals surface area contributed by atoms with Gasteiger partial charge in [0, 0.05) is 32.6 Å². The van der Waals surface area contributed by atoms with Crippen LogP contribution >= 0.6 is 0 Å². The Kier molecular flexibility index (Phi) is 37.8. The fourth-order valence-corrected chi connectivity index (χ4v) is 6.12. The molecule has 50 heavy (non-hydrogen) atoms. The Bertz CT molecular complexity index is 718. The Hall–Kier alpha value is -1.38. The summed E-state index contributed by atoms with van der Waals surface area (Å²) in [5.74, 6) is -0.263. The summed E-state index contributed by atoms with van der Waals surface area (Å²) in [6.45, 7) is 15.7. The molecule has 0 bridgehead atoms. The molecule has 8 nitrogen and oxygen atoms in total. The summed E-state index contributed by atoms with van der Waals surface area (Å²) in [6, 6.07) is 0. The van der Waals surface area contributed by atoms with Gasteiger partial charge >= 0.3 is 12.1 Å². The van der Waals surface area contributed by atoms with Crippen LogP contribution in [0, 0.1) is 0 Å². The number of rotatable bonds is 39. The van der Waals surface area contributed by atoms with E-state index in [0.29, 0.717) is 32.7 Å². The molecule has 0 spiro atoms. The van der Waals surface area contributed by atoms with Gasteiger partial charge in [-0.3, -0.25) is 4.79 Å². The molecule has 0 aliphatic rings. The van der Waals surface area contributed by atoms with Crippen molar-refractivity contribution in [1.29, 1.82) is 0 Å². The maximum absolute atomic E-state index is 12.7. The van der Waals surface area contributed by atoms with E-state index in [0.717, 1.165) is 71.0 Å². The van der Waals surface area contributed by atoms with Crippen LogP contribution in [-0.2, 0) is 28.5 Å². The molecule has 0 fully saturated rings. The smallest absolute Gasteiger partial charge is 0.466 e. The molecular weight excluding hydrogens is 630 g/mol. The number of hydrogen-bond acceptors (Lipinski definition) is 8. The van der Waals surface area contributed by atoms with E-state index in [9.17, 15) is 9.59 Å². The first-order valence-electron chi connectivity index (χ1n) is 21.4. The number of carbonyl (C=O) groups is 2. The lowest BCUT2D eigenvalue weighted by atomic mass is 10.0. The zero-order chi connectivity index (χ0) is 36.8. The highest BCUT2D eigenvalue weighted by Crippen LogP contribution is 2.16. The lowest BCUT2D eigenvalue weighted by molar-refractivity contribution is -0.159. The fourth-order valence-electron chi connectivity index (χ4n) is 6.12. The molecule has 0 aromatic heterocycles. The Morgan fingerprint density at radius 3 is 1.46 bits per heavy atom. The second kappa shape index (κ2) is 38.8. The van der Waals surface area contributed by atoms with Gasteiger partial charge in [0.1, 0.15) is 6.10 Å². The van der Waals surface area contributed by atoms with E-state index in [1.807, 2.05) is 0 Å². The number of unbranched alkanes of at least 4 members (excludes halogenated alkanes) is 18. The summed E-state index contributed by atoms with van der Waals surface area (Å²) in [5, 5.41) is 0. The molecule has 8 heteroatoms. The highest BCUT2D eigenvalue weighted by molar-refractivity contribution is 5.69. The van der Waals surface area contributed by atoms with E-state index in [2.05, 4.69) is 39.5 Å². The molecule has 0 aromatic carbocycles. The molecule has 0 heterocycles. The molecule has 0 aromatic rings. The van der Waals surface area contributed by atoms with Crippen molar-refractivity contribution in [2.24, 2.45) is 0 Å². The minimum Gasteiger partial charge on any atom is -0.466 e. The molecule has 0 N–H and O–H groups in total. The zero-order valence-corrected chi connectivity index (χ0v) is 33.8. The third-order valence-corrected chi connectivity index (χ3v) is 9.52. The van der Waals surface area contributed by atoms with E-state index in [-0.39, 0.29) is 31.4 Å². The molecule has 0 saturated heterocycles. The SMILES string of the molecule is CCCCCCCCCCCCC(CCOC(=O)CCC(OCCCCCCC)OCCCCCCCC)OC(=O)OCCCN(CC)CC. The van der Waals surface area contributed by atoms with Crippen LogP contribution in [0.1, 0.15) is 202 Å². The minimum atomic E-state index is -0.620. The number of carbonyl (C=O) groups excluding carboxylic acids is 2. The first kappa shape index (κ1) is 48.6. The van der Waals surface area contributed by atoms with E-state index in [1.165, 1.54) is 96.3 Å². The van der Waals surface area contributed by atoms with E-state index in [1.54, 1.807) is 0 Å². The third kappa shape index (κ3) is 33.7. The maximum atomic E-state index is 12.7. The number of nitrogens with zero attached hydrogens (tertiary/aromatic N) is 1. The molecule has 2 unspecified atom stereocenters. The summed E-state index contributed by atoms with van der Waals surface area (Å²) in [5.41, 5.74) is 0. The molecule has 2 atom stereocenters. The fraction of sp³-hybridized carbons (Fsp3) is 0.952. The molecular formula is C42H83NO7. The van der Waals surface area contributed by atoms with Gasteiger partial charge in [0.15, 0.2) is 6.29 Å². The predicted molar refractivity (Wildman–Crippen MR) is 208 cm³/mol. The van der Waals surface area contributed by atoms with Crippen LogP contribution in [0.15, 0.2) is 0 Å². The Morgan fingerprint density at radius 1 is 0.480 bits per heavy atom. The quantitative estimate of drug-likeness (QED) is 0.0354. The van der Waals surface area contributed by atoms with Crippen molar-refractivity contribution in [2.75, 3.05) is 46.1 Å². The summed E-state index contributed by atoms with van der Waals surface area (Å²) in [4.78, 5) is 27.6. The summed E-state index contributed by atoms with van der Waals surface area (Å²) < 4.78 is 28.9. The minimum absolute atomic E-state index is 0.220. The standard InChI is InChI=1S/C42H83NO7/c1-6-11-14-17-19-20-21-22-23-26-30-39(50-42(45)49-37-29-34-43(9-4)10-5)33-38-46-40(44)31-32-41(47-35-27-24-16-13-8-3)48-36-28-25-18-15-12-7-2/h39,41H,6-38H2,1-5H3. The van der Waals surface area contributed by atoms with Gasteiger partial charge in [-0.15, -0.1) is 0 Å². The molecule has 0 rings (SSSR count). The van der Waals surface area contributed by atoms with E-state index in [4.69, 9.17) is 23.7 Å². The van der Waals surface area contributed by atoms with Crippen LogP contribution in [0.5, 0.6) is 0 Å². The highest BCUT2D eigenvalue weighted by atomic mass is 16.7. The van der Waals surface area contributed by atoms with Gasteiger partial charge in [-0.05, 0) is 45.2 Å². The van der Waals surface area contributed by atoms with Gasteiger partial charge in [0.2, 0.25) is 0 Å². The third-order valence-electron chi connectivity index (χ3n) is 9.52. The number of hydrogen-bond donors (Lipinski definition) is 0. The van der Waals surface area contributed by atoms with Gasteiger partial charge < -0.3 is 28.6 Å². The molecule has 0 aliphatic carbocycles. The monoisotopic (exact) mass is 714 g/mol. The molecule has 298 valence electrons. The average Bonchev–Trinajstić information content (AvgIpc) is 3.11. The van der Waals surface area contributed by atoms with E-state index < -0.39 is 6.16 Å². The summed E-state index contributed by atoms with van der Waals surface area (Å²) in [6.07, 6.45) is 27.1. The van der Waals surface area contributed by atoms with Crippen LogP contribution < -0.4 is 0 Å². The second-order valence-corrected chi connectivity index (χ2v) is 14.1. The molecule has 0 amide bonds. The Morgan fingerprint density at radius 2 is 0.960 bits per heavy atom. The van der Waals surface area contributed by atoms with Crippen molar-refractivity contribution in [2.45, 2.75) is 214 Å². The Labute approximate surface area is 309 Å². The van der Waals surface area contributed by atoms with Gasteiger partial charge in [-0.1, -0.05) is 150 Å². The van der Waals surface area contributed by atoms with Crippen LogP contribution in [-0.4, -0.2) is 75.5 Å². The van der Waals surface area contributed by atoms with Crippen molar-refractivity contribution in [3.63, 3.8) is 0 Å². The first-order valence-corrected chi connectivity index (χ1v) is 21.4. The Balaban J connectivity index is 4.69. The van der Waals surface area contributed by atoms with Crippen molar-refractivity contribution >= 4 is 12.1 Å². The second-order valence-electron chi connectivity index (χ2n) is 14.1. The van der Waals surface area contributed by atoms with Crippen molar-refractivity contribution < 1.29 is 33.3 Å². The summed E-state index contributed by atoms with van der Waals surface area (Å²) >= 11 is 0.